The number of hydrogen-bond donors (Lipinski definition) is 2. The number of halogens is 2. The van der Waals surface area contributed by atoms with Gasteiger partial charge in [-0.2, -0.15) is 0 Å². The van der Waals surface area contributed by atoms with Crippen molar-refractivity contribution in [2.24, 2.45) is 0 Å². The Morgan fingerprint density at radius 3 is 2.63 bits per heavy atom. The molecular formula is C21H19ClFN3O. The molecule has 27 heavy (non-hydrogen) atoms. The summed E-state index contributed by atoms with van der Waals surface area (Å²) in [5.74, 6) is 0.0602. The van der Waals surface area contributed by atoms with Crippen molar-refractivity contribution in [1.29, 1.82) is 0 Å². The summed E-state index contributed by atoms with van der Waals surface area (Å²) in [7, 11) is 0. The first-order valence-electron chi connectivity index (χ1n) is 8.58. The van der Waals surface area contributed by atoms with E-state index >= 15 is 0 Å². The summed E-state index contributed by atoms with van der Waals surface area (Å²) in [6, 6.07) is 17.4. The molecule has 0 aliphatic carbocycles. The number of anilines is 1. The van der Waals surface area contributed by atoms with Crippen LogP contribution in [0.4, 0.5) is 10.2 Å². The fraction of sp³-hybridized carbons (Fsp3) is 0.143. The van der Waals surface area contributed by atoms with Crippen LogP contribution in [0.2, 0.25) is 5.02 Å². The van der Waals surface area contributed by atoms with E-state index in [2.05, 4.69) is 15.6 Å². The van der Waals surface area contributed by atoms with E-state index < -0.39 is 0 Å². The number of rotatable bonds is 7. The third-order valence-corrected chi connectivity index (χ3v) is 4.30. The first kappa shape index (κ1) is 18.9. The third-order valence-electron chi connectivity index (χ3n) is 4.05. The summed E-state index contributed by atoms with van der Waals surface area (Å²) in [4.78, 5) is 16.5. The van der Waals surface area contributed by atoms with Gasteiger partial charge in [-0.3, -0.25) is 4.79 Å². The van der Waals surface area contributed by atoms with Gasteiger partial charge < -0.3 is 10.6 Å². The molecule has 3 aromatic rings. The summed E-state index contributed by atoms with van der Waals surface area (Å²) < 4.78 is 13.7. The molecular weight excluding hydrogens is 365 g/mol. The van der Waals surface area contributed by atoms with Crippen LogP contribution in [0.25, 0.3) is 0 Å². The van der Waals surface area contributed by atoms with Gasteiger partial charge in [0.25, 0.3) is 5.91 Å². The van der Waals surface area contributed by atoms with E-state index in [-0.39, 0.29) is 11.7 Å². The summed E-state index contributed by atoms with van der Waals surface area (Å²) in [6.45, 7) is 0.808. The van der Waals surface area contributed by atoms with Crippen molar-refractivity contribution in [3.63, 3.8) is 0 Å². The number of benzene rings is 2. The van der Waals surface area contributed by atoms with Crippen LogP contribution in [0.15, 0.2) is 66.9 Å². The standard InChI is InChI=1S/C21H19ClFN3O/c22-18-7-5-15(6-8-18)9-11-25-21(27)16-10-12-24-20(13-16)26-14-17-3-1-2-4-19(17)23/h1-8,10,12-13H,9,11,14H2,(H,24,26)(H,25,27). The Bertz CT molecular complexity index is 915. The van der Waals surface area contributed by atoms with Gasteiger partial charge in [-0.25, -0.2) is 9.37 Å². The molecule has 1 aromatic heterocycles. The molecule has 4 nitrogen and oxygen atoms in total. The highest BCUT2D eigenvalue weighted by molar-refractivity contribution is 6.30. The molecule has 0 aliphatic rings. The number of carbonyl (C=O) groups excluding carboxylic acids is 1. The van der Waals surface area contributed by atoms with E-state index in [0.29, 0.717) is 41.5 Å². The molecule has 0 saturated carbocycles. The van der Waals surface area contributed by atoms with Crippen molar-refractivity contribution in [2.45, 2.75) is 13.0 Å². The fourth-order valence-corrected chi connectivity index (χ4v) is 2.70. The number of hydrogen-bond acceptors (Lipinski definition) is 3. The Labute approximate surface area is 162 Å². The zero-order chi connectivity index (χ0) is 19.1. The molecule has 0 radical (unpaired) electrons. The molecule has 0 unspecified atom stereocenters. The molecule has 2 aromatic carbocycles. The van der Waals surface area contributed by atoms with E-state index in [9.17, 15) is 9.18 Å². The van der Waals surface area contributed by atoms with Crippen molar-refractivity contribution >= 4 is 23.3 Å². The second-order valence-electron chi connectivity index (χ2n) is 6.01. The van der Waals surface area contributed by atoms with Crippen LogP contribution >= 0.6 is 11.6 Å². The molecule has 1 heterocycles. The minimum atomic E-state index is -0.277. The first-order valence-corrected chi connectivity index (χ1v) is 8.95. The zero-order valence-corrected chi connectivity index (χ0v) is 15.3. The largest absolute Gasteiger partial charge is 0.366 e. The molecule has 0 spiro atoms. The molecule has 3 rings (SSSR count). The molecule has 6 heteroatoms. The Morgan fingerprint density at radius 2 is 1.85 bits per heavy atom. The van der Waals surface area contributed by atoms with E-state index in [0.717, 1.165) is 5.56 Å². The highest BCUT2D eigenvalue weighted by Crippen LogP contribution is 2.12. The maximum absolute atomic E-state index is 13.7. The summed E-state index contributed by atoms with van der Waals surface area (Å²) >= 11 is 5.86. The first-order chi connectivity index (χ1) is 13.1. The van der Waals surface area contributed by atoms with Gasteiger partial charge in [-0.15, -0.1) is 0 Å². The Balaban J connectivity index is 1.53. The van der Waals surface area contributed by atoms with Crippen molar-refractivity contribution in [3.05, 3.63) is 94.4 Å². The van der Waals surface area contributed by atoms with Crippen LogP contribution in [0.1, 0.15) is 21.5 Å². The van der Waals surface area contributed by atoms with Crippen LogP contribution in [-0.2, 0) is 13.0 Å². The summed E-state index contributed by atoms with van der Waals surface area (Å²) in [5.41, 5.74) is 2.14. The number of aromatic nitrogens is 1. The maximum atomic E-state index is 13.7. The van der Waals surface area contributed by atoms with Gasteiger partial charge in [0.15, 0.2) is 0 Å². The number of nitrogens with one attached hydrogen (secondary N) is 2. The minimum Gasteiger partial charge on any atom is -0.366 e. The molecule has 2 N–H and O–H groups in total. The molecule has 0 fully saturated rings. The highest BCUT2D eigenvalue weighted by Gasteiger charge is 2.07. The molecule has 0 aliphatic heterocycles. The number of carbonyl (C=O) groups is 1. The van der Waals surface area contributed by atoms with Crippen LogP contribution < -0.4 is 10.6 Å². The number of nitrogens with zero attached hydrogens (tertiary/aromatic N) is 1. The second kappa shape index (κ2) is 9.14. The highest BCUT2D eigenvalue weighted by atomic mass is 35.5. The average Bonchev–Trinajstić information content (AvgIpc) is 2.69. The van der Waals surface area contributed by atoms with E-state index in [1.807, 2.05) is 24.3 Å². The molecule has 0 atom stereocenters. The maximum Gasteiger partial charge on any atom is 0.251 e. The predicted octanol–water partition coefficient (Wildman–Crippen LogP) is 4.46. The molecule has 138 valence electrons. The topological polar surface area (TPSA) is 54.0 Å². The van der Waals surface area contributed by atoms with Gasteiger partial charge in [0.1, 0.15) is 11.6 Å². The van der Waals surface area contributed by atoms with Crippen molar-refractivity contribution in [2.75, 3.05) is 11.9 Å². The second-order valence-corrected chi connectivity index (χ2v) is 6.44. The van der Waals surface area contributed by atoms with Gasteiger partial charge in [0.2, 0.25) is 0 Å². The SMILES string of the molecule is O=C(NCCc1ccc(Cl)cc1)c1ccnc(NCc2ccccc2F)c1. The Kier molecular flexibility index (Phi) is 6.39. The monoisotopic (exact) mass is 383 g/mol. The number of amides is 1. The van der Waals surface area contributed by atoms with Gasteiger partial charge in [-0.1, -0.05) is 41.9 Å². The van der Waals surface area contributed by atoms with E-state index in [1.165, 1.54) is 6.07 Å². The molecule has 1 amide bonds. The van der Waals surface area contributed by atoms with Crippen LogP contribution in [0.5, 0.6) is 0 Å². The Morgan fingerprint density at radius 1 is 1.07 bits per heavy atom. The van der Waals surface area contributed by atoms with Crippen LogP contribution in [0.3, 0.4) is 0 Å². The lowest BCUT2D eigenvalue weighted by molar-refractivity contribution is 0.0954. The fourth-order valence-electron chi connectivity index (χ4n) is 2.57. The normalized spacial score (nSPS) is 10.4. The summed E-state index contributed by atoms with van der Waals surface area (Å²) in [5, 5.41) is 6.62. The van der Waals surface area contributed by atoms with Crippen molar-refractivity contribution < 1.29 is 9.18 Å². The zero-order valence-electron chi connectivity index (χ0n) is 14.6. The molecule has 0 bridgehead atoms. The molecule has 0 saturated heterocycles. The van der Waals surface area contributed by atoms with Gasteiger partial charge >= 0.3 is 0 Å². The lowest BCUT2D eigenvalue weighted by atomic mass is 10.1. The minimum absolute atomic E-state index is 0.180. The van der Waals surface area contributed by atoms with E-state index in [4.69, 9.17) is 11.6 Å². The quantitative estimate of drug-likeness (QED) is 0.633. The smallest absolute Gasteiger partial charge is 0.251 e. The van der Waals surface area contributed by atoms with E-state index in [1.54, 1.807) is 36.5 Å². The van der Waals surface area contributed by atoms with Crippen LogP contribution in [-0.4, -0.2) is 17.4 Å². The van der Waals surface area contributed by atoms with Gasteiger partial charge in [-0.05, 0) is 42.3 Å². The summed E-state index contributed by atoms with van der Waals surface area (Å²) in [6.07, 6.45) is 2.27. The van der Waals surface area contributed by atoms with Crippen LogP contribution in [0, 0.1) is 5.82 Å². The third kappa shape index (κ3) is 5.53. The lowest BCUT2D eigenvalue weighted by Crippen LogP contribution is -2.25. The average molecular weight is 384 g/mol. The van der Waals surface area contributed by atoms with Gasteiger partial charge in [0.05, 0.1) is 0 Å². The number of pyridine rings is 1. The van der Waals surface area contributed by atoms with Crippen molar-refractivity contribution in [1.82, 2.24) is 10.3 Å². The predicted molar refractivity (Wildman–Crippen MR) is 105 cm³/mol. The van der Waals surface area contributed by atoms with Gasteiger partial charge in [0, 0.05) is 35.4 Å². The Hall–Kier alpha value is -2.92. The van der Waals surface area contributed by atoms with Crippen molar-refractivity contribution in [3.8, 4) is 0 Å². The lowest BCUT2D eigenvalue weighted by Gasteiger charge is -2.09.